The molecule has 2 heterocycles. The van der Waals surface area contributed by atoms with Crippen LogP contribution in [0.15, 0.2) is 36.7 Å². The van der Waals surface area contributed by atoms with Crippen LogP contribution in [0.25, 0.3) is 10.9 Å². The first-order valence-electron chi connectivity index (χ1n) is 10.3. The van der Waals surface area contributed by atoms with Crippen molar-refractivity contribution in [3.8, 4) is 17.2 Å². The third-order valence-corrected chi connectivity index (χ3v) is 6.25. The van der Waals surface area contributed by atoms with Crippen LogP contribution in [0.4, 0.5) is 24.7 Å². The van der Waals surface area contributed by atoms with Gasteiger partial charge in [0.25, 0.3) is 0 Å². The number of methoxy groups -OCH3 is 1. The molecule has 0 unspecified atom stereocenters. The molecule has 33 heavy (non-hydrogen) atoms. The Hall–Kier alpha value is -2.98. The van der Waals surface area contributed by atoms with Gasteiger partial charge in [-0.3, -0.25) is 0 Å². The molecule has 1 aliphatic carbocycles. The zero-order valence-corrected chi connectivity index (χ0v) is 18.2. The summed E-state index contributed by atoms with van der Waals surface area (Å²) in [6.07, 6.45) is -2.17. The van der Waals surface area contributed by atoms with Crippen LogP contribution in [-0.2, 0) is 0 Å². The molecule has 3 atom stereocenters. The summed E-state index contributed by atoms with van der Waals surface area (Å²) < 4.78 is 53.3. The lowest BCUT2D eigenvalue weighted by Crippen LogP contribution is -2.59. The fourth-order valence-corrected chi connectivity index (χ4v) is 4.60. The summed E-state index contributed by atoms with van der Waals surface area (Å²) in [5.41, 5.74) is 1.06. The van der Waals surface area contributed by atoms with Crippen LogP contribution in [-0.4, -0.2) is 42.6 Å². The largest absolute Gasteiger partial charge is 0.573 e. The maximum atomic E-state index is 12.5. The van der Waals surface area contributed by atoms with Crippen LogP contribution in [0.1, 0.15) is 6.42 Å². The van der Waals surface area contributed by atoms with Crippen molar-refractivity contribution in [2.24, 2.45) is 11.8 Å². The first kappa shape index (κ1) is 21.8. The number of ether oxygens (including phenoxy) is 3. The minimum absolute atomic E-state index is 0.124. The lowest BCUT2D eigenvalue weighted by Gasteiger charge is -2.49. The van der Waals surface area contributed by atoms with Gasteiger partial charge in [-0.15, -0.1) is 13.2 Å². The lowest BCUT2D eigenvalue weighted by molar-refractivity contribution is -0.274. The molecular weight excluding hydrogens is 461 g/mol. The predicted molar refractivity (Wildman–Crippen MR) is 116 cm³/mol. The van der Waals surface area contributed by atoms with E-state index in [2.05, 4.69) is 25.3 Å². The molecule has 2 N–H and O–H groups in total. The average Bonchev–Trinajstić information content (AvgIpc) is 2.78. The lowest BCUT2D eigenvalue weighted by atomic mass is 9.69. The Morgan fingerprint density at radius 2 is 1.85 bits per heavy atom. The fourth-order valence-electron chi connectivity index (χ4n) is 4.38. The van der Waals surface area contributed by atoms with Gasteiger partial charge >= 0.3 is 6.36 Å². The van der Waals surface area contributed by atoms with E-state index in [1.165, 1.54) is 18.5 Å². The molecule has 0 radical (unpaired) electrons. The monoisotopic (exact) mass is 480 g/mol. The predicted octanol–water partition coefficient (Wildman–Crippen LogP) is 4.92. The maximum absolute atomic E-state index is 12.5. The van der Waals surface area contributed by atoms with E-state index >= 15 is 0 Å². The van der Waals surface area contributed by atoms with E-state index in [4.69, 9.17) is 21.1 Å². The van der Waals surface area contributed by atoms with Gasteiger partial charge in [0.15, 0.2) is 11.5 Å². The van der Waals surface area contributed by atoms with Gasteiger partial charge in [0.1, 0.15) is 24.0 Å². The zero-order chi connectivity index (χ0) is 23.2. The molecule has 1 saturated heterocycles. The van der Waals surface area contributed by atoms with Gasteiger partial charge in [0.05, 0.1) is 17.6 Å². The summed E-state index contributed by atoms with van der Waals surface area (Å²) in [5, 5.41) is 6.96. The summed E-state index contributed by atoms with van der Waals surface area (Å²) in [4.78, 5) is 8.61. The van der Waals surface area contributed by atoms with Crippen molar-refractivity contribution in [2.75, 3.05) is 25.5 Å². The second kappa shape index (κ2) is 8.42. The van der Waals surface area contributed by atoms with Crippen LogP contribution in [0, 0.1) is 11.8 Å². The molecule has 174 valence electrons. The Kier molecular flexibility index (Phi) is 5.57. The number of fused-ring (bicyclic) bond motifs is 3. The van der Waals surface area contributed by atoms with Gasteiger partial charge in [0, 0.05) is 42.1 Å². The van der Waals surface area contributed by atoms with E-state index in [0.717, 1.165) is 25.6 Å². The van der Waals surface area contributed by atoms with E-state index in [1.54, 1.807) is 13.2 Å². The maximum Gasteiger partial charge on any atom is 0.573 e. The van der Waals surface area contributed by atoms with Crippen molar-refractivity contribution in [1.82, 2.24) is 15.3 Å². The molecule has 2 aliphatic rings. The summed E-state index contributed by atoms with van der Waals surface area (Å²) in [6, 6.07) is 7.49. The van der Waals surface area contributed by atoms with Crippen LogP contribution in [0.2, 0.25) is 5.02 Å². The van der Waals surface area contributed by atoms with Gasteiger partial charge in [-0.1, -0.05) is 11.6 Å². The van der Waals surface area contributed by atoms with Crippen molar-refractivity contribution in [2.45, 2.75) is 18.9 Å². The number of nitrogens with zero attached hydrogens (tertiary/aromatic N) is 2. The fraction of sp³-hybridized carbons (Fsp3) is 0.364. The van der Waals surface area contributed by atoms with Crippen LogP contribution in [0.3, 0.4) is 0 Å². The van der Waals surface area contributed by atoms with E-state index < -0.39 is 12.1 Å². The number of benzene rings is 2. The Morgan fingerprint density at radius 1 is 1.06 bits per heavy atom. The highest BCUT2D eigenvalue weighted by atomic mass is 35.5. The van der Waals surface area contributed by atoms with E-state index in [1.807, 2.05) is 6.07 Å². The molecule has 3 aromatic rings. The van der Waals surface area contributed by atoms with Crippen molar-refractivity contribution in [1.29, 1.82) is 0 Å². The SMILES string of the molecule is COc1cc2ncnc(Nc3ccc(OC(F)(F)F)c(Cl)c3)c2cc1O[C@@H]1[C@@H]2CNC[C@H]1C2. The number of nitrogens with one attached hydrogen (secondary N) is 2. The zero-order valence-electron chi connectivity index (χ0n) is 17.4. The van der Waals surface area contributed by atoms with Crippen molar-refractivity contribution >= 4 is 34.0 Å². The number of aromatic nitrogens is 2. The molecular formula is C22H20ClF3N4O3. The molecule has 0 spiro atoms. The van der Waals surface area contributed by atoms with Crippen molar-refractivity contribution in [3.63, 3.8) is 0 Å². The average molecular weight is 481 g/mol. The second-order valence-corrected chi connectivity index (χ2v) is 8.46. The summed E-state index contributed by atoms with van der Waals surface area (Å²) >= 11 is 5.97. The minimum atomic E-state index is -4.83. The molecule has 1 saturated carbocycles. The Labute approximate surface area is 192 Å². The number of rotatable bonds is 6. The van der Waals surface area contributed by atoms with Crippen LogP contribution >= 0.6 is 11.6 Å². The first-order valence-corrected chi connectivity index (χ1v) is 10.7. The number of hydrogen-bond acceptors (Lipinski definition) is 7. The van der Waals surface area contributed by atoms with E-state index in [0.29, 0.717) is 45.7 Å². The number of alkyl halides is 3. The minimum Gasteiger partial charge on any atom is -0.493 e. The quantitative estimate of drug-likeness (QED) is 0.518. The molecule has 0 amide bonds. The van der Waals surface area contributed by atoms with Gasteiger partial charge in [0.2, 0.25) is 0 Å². The highest BCUT2D eigenvalue weighted by molar-refractivity contribution is 6.32. The van der Waals surface area contributed by atoms with E-state index in [9.17, 15) is 13.2 Å². The molecule has 1 aromatic heterocycles. The topological polar surface area (TPSA) is 77.5 Å². The van der Waals surface area contributed by atoms with Crippen LogP contribution in [0.5, 0.6) is 17.2 Å². The number of hydrogen-bond donors (Lipinski definition) is 2. The Morgan fingerprint density at radius 3 is 2.52 bits per heavy atom. The molecule has 7 nitrogen and oxygen atoms in total. The molecule has 1 aliphatic heterocycles. The molecule has 11 heteroatoms. The third kappa shape index (κ3) is 4.45. The number of anilines is 2. The third-order valence-electron chi connectivity index (χ3n) is 5.95. The van der Waals surface area contributed by atoms with E-state index in [-0.39, 0.29) is 11.1 Å². The van der Waals surface area contributed by atoms with Gasteiger partial charge in [-0.25, -0.2) is 9.97 Å². The number of halogens is 4. The highest BCUT2D eigenvalue weighted by Gasteiger charge is 2.45. The normalized spacial score (nSPS) is 21.9. The van der Waals surface area contributed by atoms with Crippen molar-refractivity contribution in [3.05, 3.63) is 41.7 Å². The first-order chi connectivity index (χ1) is 15.8. The summed E-state index contributed by atoms with van der Waals surface area (Å²) in [6.45, 7) is 1.86. The van der Waals surface area contributed by atoms with Gasteiger partial charge in [-0.2, -0.15) is 0 Å². The Balaban J connectivity index is 1.44. The standard InChI is InChI=1S/C22H20ClF3N4O3/c1-31-18-7-16-14(6-19(18)32-20-11-4-12(20)9-27-8-11)21(29-10-28-16)30-13-2-3-17(15(23)5-13)33-22(24,25)26/h2-3,5-7,10-12,20,27H,4,8-9H2,1H3,(H,28,29,30)/t11-,12+,20+. The molecule has 2 aromatic carbocycles. The van der Waals surface area contributed by atoms with Gasteiger partial charge in [-0.05, 0) is 30.7 Å². The Bertz CT molecular complexity index is 1180. The smallest absolute Gasteiger partial charge is 0.493 e. The summed E-state index contributed by atoms with van der Waals surface area (Å²) in [7, 11) is 1.57. The van der Waals surface area contributed by atoms with Crippen molar-refractivity contribution < 1.29 is 27.4 Å². The highest BCUT2D eigenvalue weighted by Crippen LogP contribution is 2.43. The van der Waals surface area contributed by atoms with Crippen LogP contribution < -0.4 is 24.8 Å². The molecule has 2 bridgehead atoms. The molecule has 2 fully saturated rings. The molecule has 5 rings (SSSR count). The second-order valence-electron chi connectivity index (χ2n) is 8.06. The summed E-state index contributed by atoms with van der Waals surface area (Å²) in [5.74, 6) is 2.06. The number of piperidine rings is 2. The van der Waals surface area contributed by atoms with Gasteiger partial charge < -0.3 is 24.8 Å².